The minimum Gasteiger partial charge on any atom is -0.339 e. The molecule has 3 heterocycles. The lowest BCUT2D eigenvalue weighted by Gasteiger charge is -2.47. The molecule has 3 aliphatic rings. The molecule has 0 N–H and O–H groups in total. The highest BCUT2D eigenvalue weighted by atomic mass is 16.2. The van der Waals surface area contributed by atoms with Crippen LogP contribution in [-0.2, 0) is 11.3 Å². The average Bonchev–Trinajstić information content (AvgIpc) is 2.69. The van der Waals surface area contributed by atoms with E-state index >= 15 is 0 Å². The number of amides is 1. The summed E-state index contributed by atoms with van der Waals surface area (Å²) in [6, 6.07) is 6.61. The molecule has 2 fully saturated rings. The molecule has 1 aromatic heterocycles. The summed E-state index contributed by atoms with van der Waals surface area (Å²) in [5, 5.41) is 0. The van der Waals surface area contributed by atoms with Crippen LogP contribution in [0.2, 0.25) is 0 Å². The average molecular weight is 354 g/mol. The Bertz CT molecular complexity index is 642. The monoisotopic (exact) mass is 353 g/mol. The maximum atomic E-state index is 13.0. The summed E-state index contributed by atoms with van der Waals surface area (Å²) in [5.41, 5.74) is 2.54. The molecule has 26 heavy (non-hydrogen) atoms. The summed E-state index contributed by atoms with van der Waals surface area (Å²) in [7, 11) is 0. The first-order chi connectivity index (χ1) is 12.8. The van der Waals surface area contributed by atoms with E-state index < -0.39 is 0 Å². The third-order valence-corrected chi connectivity index (χ3v) is 6.35. The molecule has 140 valence electrons. The second-order valence-corrected chi connectivity index (χ2v) is 8.19. The van der Waals surface area contributed by atoms with Crippen LogP contribution in [0.3, 0.4) is 0 Å². The molecule has 4 heteroatoms. The largest absolute Gasteiger partial charge is 0.339 e. The van der Waals surface area contributed by atoms with Gasteiger partial charge < -0.3 is 4.90 Å². The number of likely N-dealkylation sites (tertiary alicyclic amines) is 2. The normalized spacial score (nSPS) is 26.9. The van der Waals surface area contributed by atoms with Gasteiger partial charge in [-0.1, -0.05) is 17.7 Å². The third kappa shape index (κ3) is 4.17. The number of rotatable bonds is 4. The Morgan fingerprint density at radius 1 is 1.15 bits per heavy atom. The number of carbonyl (C=O) groups excluding carboxylic acids is 1. The number of pyridine rings is 1. The van der Waals surface area contributed by atoms with E-state index in [1.165, 1.54) is 24.8 Å². The van der Waals surface area contributed by atoms with Crippen molar-refractivity contribution >= 4 is 5.91 Å². The zero-order valence-corrected chi connectivity index (χ0v) is 15.8. The van der Waals surface area contributed by atoms with Crippen molar-refractivity contribution < 1.29 is 4.79 Å². The van der Waals surface area contributed by atoms with Gasteiger partial charge in [0.2, 0.25) is 5.91 Å². The van der Waals surface area contributed by atoms with Crippen LogP contribution in [-0.4, -0.2) is 46.4 Å². The summed E-state index contributed by atoms with van der Waals surface area (Å²) >= 11 is 0. The van der Waals surface area contributed by atoms with Gasteiger partial charge in [-0.15, -0.1) is 0 Å². The highest BCUT2D eigenvalue weighted by Gasteiger charge is 2.38. The lowest BCUT2D eigenvalue weighted by Crippen LogP contribution is -2.55. The van der Waals surface area contributed by atoms with E-state index in [9.17, 15) is 4.79 Å². The molecule has 1 amide bonds. The molecule has 4 rings (SSSR count). The topological polar surface area (TPSA) is 36.4 Å². The van der Waals surface area contributed by atoms with Gasteiger partial charge in [-0.25, -0.2) is 0 Å². The standard InChI is InChI=1S/C22H31N3O/c26-22(15-18-7-2-1-3-8-18)25-13-6-9-19-16-24(14-11-21(19)25)17-20-10-4-5-12-23-20/h4-5,7,10,12,19,21H,1-3,6,8-9,11,13-17H2/t19-,21+/m1/s1. The zero-order chi connectivity index (χ0) is 17.8. The lowest BCUT2D eigenvalue weighted by molar-refractivity contribution is -0.137. The van der Waals surface area contributed by atoms with Gasteiger partial charge in [0.15, 0.2) is 0 Å². The van der Waals surface area contributed by atoms with Crippen LogP contribution < -0.4 is 0 Å². The van der Waals surface area contributed by atoms with Crippen LogP contribution in [0.1, 0.15) is 57.1 Å². The summed E-state index contributed by atoms with van der Waals surface area (Å²) in [6.07, 6.45) is 13.2. The van der Waals surface area contributed by atoms with Crippen molar-refractivity contribution in [2.45, 2.75) is 64.0 Å². The van der Waals surface area contributed by atoms with Crippen molar-refractivity contribution in [1.29, 1.82) is 0 Å². The lowest BCUT2D eigenvalue weighted by atomic mass is 9.83. The van der Waals surface area contributed by atoms with Gasteiger partial charge in [0.25, 0.3) is 0 Å². The molecule has 2 aliphatic heterocycles. The van der Waals surface area contributed by atoms with Crippen LogP contribution >= 0.6 is 0 Å². The molecule has 4 nitrogen and oxygen atoms in total. The van der Waals surface area contributed by atoms with Gasteiger partial charge in [0, 0.05) is 44.8 Å². The quantitative estimate of drug-likeness (QED) is 0.773. The summed E-state index contributed by atoms with van der Waals surface area (Å²) in [6.45, 7) is 4.08. The Labute approximate surface area is 157 Å². The number of aromatic nitrogens is 1. The number of hydrogen-bond donors (Lipinski definition) is 0. The predicted octanol–water partition coefficient (Wildman–Crippen LogP) is 3.79. The molecule has 0 aromatic carbocycles. The minimum atomic E-state index is 0.381. The molecular formula is C22H31N3O. The predicted molar refractivity (Wildman–Crippen MR) is 104 cm³/mol. The maximum absolute atomic E-state index is 13.0. The first kappa shape index (κ1) is 17.7. The maximum Gasteiger partial charge on any atom is 0.226 e. The van der Waals surface area contributed by atoms with Gasteiger partial charge in [-0.3, -0.25) is 14.7 Å². The third-order valence-electron chi connectivity index (χ3n) is 6.35. The molecule has 1 aliphatic carbocycles. The van der Waals surface area contributed by atoms with Crippen LogP contribution in [0.15, 0.2) is 36.0 Å². The van der Waals surface area contributed by atoms with Gasteiger partial charge in [-0.2, -0.15) is 0 Å². The number of carbonyl (C=O) groups is 1. The number of hydrogen-bond acceptors (Lipinski definition) is 3. The Morgan fingerprint density at radius 3 is 2.92 bits per heavy atom. The van der Waals surface area contributed by atoms with Crippen molar-refractivity contribution in [3.63, 3.8) is 0 Å². The highest BCUT2D eigenvalue weighted by molar-refractivity contribution is 5.79. The Morgan fingerprint density at radius 2 is 2.12 bits per heavy atom. The van der Waals surface area contributed by atoms with E-state index in [0.717, 1.165) is 57.6 Å². The first-order valence-corrected chi connectivity index (χ1v) is 10.4. The van der Waals surface area contributed by atoms with Crippen LogP contribution in [0.4, 0.5) is 0 Å². The molecule has 2 saturated heterocycles. The van der Waals surface area contributed by atoms with Crippen LogP contribution in [0, 0.1) is 5.92 Å². The van der Waals surface area contributed by atoms with Crippen molar-refractivity contribution in [3.05, 3.63) is 41.7 Å². The summed E-state index contributed by atoms with van der Waals surface area (Å²) < 4.78 is 0. The second kappa shape index (κ2) is 8.34. The number of allylic oxidation sites excluding steroid dienone is 1. The van der Waals surface area contributed by atoms with Gasteiger partial charge in [0.05, 0.1) is 5.69 Å². The zero-order valence-electron chi connectivity index (χ0n) is 15.8. The Hall–Kier alpha value is -1.68. The minimum absolute atomic E-state index is 0.381. The van der Waals surface area contributed by atoms with Gasteiger partial charge in [0.1, 0.15) is 0 Å². The van der Waals surface area contributed by atoms with E-state index in [2.05, 4.69) is 33.0 Å². The number of nitrogens with zero attached hydrogens (tertiary/aromatic N) is 3. The molecular weight excluding hydrogens is 322 g/mol. The van der Waals surface area contributed by atoms with Crippen molar-refractivity contribution in [2.75, 3.05) is 19.6 Å². The van der Waals surface area contributed by atoms with Crippen molar-refractivity contribution in [3.8, 4) is 0 Å². The highest BCUT2D eigenvalue weighted by Crippen LogP contribution is 2.32. The number of fused-ring (bicyclic) bond motifs is 1. The van der Waals surface area contributed by atoms with E-state index in [1.54, 1.807) is 0 Å². The first-order valence-electron chi connectivity index (χ1n) is 10.4. The summed E-state index contributed by atoms with van der Waals surface area (Å²) in [5.74, 6) is 1.01. The van der Waals surface area contributed by atoms with E-state index in [4.69, 9.17) is 0 Å². The fourth-order valence-corrected chi connectivity index (χ4v) is 5.01. The smallest absolute Gasteiger partial charge is 0.226 e. The van der Waals surface area contributed by atoms with E-state index in [-0.39, 0.29) is 0 Å². The second-order valence-electron chi connectivity index (χ2n) is 8.19. The van der Waals surface area contributed by atoms with Gasteiger partial charge >= 0.3 is 0 Å². The van der Waals surface area contributed by atoms with Crippen LogP contribution in [0.5, 0.6) is 0 Å². The summed E-state index contributed by atoms with van der Waals surface area (Å²) in [4.78, 5) is 22.2. The number of piperidine rings is 2. The fraction of sp³-hybridized carbons (Fsp3) is 0.636. The Kier molecular flexibility index (Phi) is 5.68. The van der Waals surface area contributed by atoms with Crippen molar-refractivity contribution in [1.82, 2.24) is 14.8 Å². The molecule has 1 aromatic rings. The molecule has 0 unspecified atom stereocenters. The SMILES string of the molecule is O=C(CC1=CCCCC1)N1CCC[C@@H]2CN(Cc3ccccn3)CC[C@@H]21. The van der Waals surface area contributed by atoms with Crippen LogP contribution in [0.25, 0.3) is 0 Å². The fourth-order valence-electron chi connectivity index (χ4n) is 5.01. The van der Waals surface area contributed by atoms with E-state index in [0.29, 0.717) is 24.3 Å². The Balaban J connectivity index is 1.35. The van der Waals surface area contributed by atoms with Gasteiger partial charge in [-0.05, 0) is 63.0 Å². The molecule has 2 atom stereocenters. The molecule has 0 saturated carbocycles. The molecule has 0 radical (unpaired) electrons. The molecule has 0 bridgehead atoms. The van der Waals surface area contributed by atoms with E-state index in [1.807, 2.05) is 12.3 Å². The van der Waals surface area contributed by atoms with Crippen molar-refractivity contribution in [2.24, 2.45) is 5.92 Å². The molecule has 0 spiro atoms.